The number of carbonyl (C=O) groups is 4. The number of imide groups is 1. The summed E-state index contributed by atoms with van der Waals surface area (Å²) in [4.78, 5) is 54.9. The third-order valence-corrected chi connectivity index (χ3v) is 8.21. The first kappa shape index (κ1) is 21.3. The average molecular weight is 475 g/mol. The van der Waals surface area contributed by atoms with E-state index in [1.54, 1.807) is 48.5 Å². The highest BCUT2D eigenvalue weighted by atomic mass is 35.5. The van der Waals surface area contributed by atoms with Gasteiger partial charge in [-0.15, -0.1) is 0 Å². The molecule has 2 aromatic rings. The van der Waals surface area contributed by atoms with Crippen molar-refractivity contribution in [2.24, 2.45) is 35.5 Å². The fourth-order valence-electron chi connectivity index (χ4n) is 6.19. The molecular formula is C27H23ClN2O4. The summed E-state index contributed by atoms with van der Waals surface area (Å²) < 4.78 is 0. The Morgan fingerprint density at radius 2 is 1.41 bits per heavy atom. The van der Waals surface area contributed by atoms with Crippen molar-refractivity contribution in [1.82, 2.24) is 4.90 Å². The van der Waals surface area contributed by atoms with Crippen LogP contribution in [0.15, 0.2) is 60.7 Å². The van der Waals surface area contributed by atoms with Gasteiger partial charge in [0, 0.05) is 21.8 Å². The number of allylic oxidation sites excluding steroid dienone is 2. The number of ketones is 1. The molecule has 172 valence electrons. The first-order valence-electron chi connectivity index (χ1n) is 11.6. The van der Waals surface area contributed by atoms with E-state index in [0.717, 1.165) is 6.42 Å². The molecule has 7 heteroatoms. The number of halogens is 1. The first-order chi connectivity index (χ1) is 16.3. The fraction of sp³-hybridized carbons (Fsp3) is 0.333. The van der Waals surface area contributed by atoms with Crippen molar-refractivity contribution in [3.05, 3.63) is 76.8 Å². The molecular weight excluding hydrogens is 452 g/mol. The predicted octanol–water partition coefficient (Wildman–Crippen LogP) is 4.20. The Balaban J connectivity index is 1.34. The van der Waals surface area contributed by atoms with Crippen LogP contribution in [0.3, 0.4) is 0 Å². The molecule has 4 aliphatic carbocycles. The molecule has 2 saturated carbocycles. The van der Waals surface area contributed by atoms with Crippen LogP contribution in [-0.4, -0.2) is 35.1 Å². The molecule has 6 nitrogen and oxygen atoms in total. The van der Waals surface area contributed by atoms with Gasteiger partial charge >= 0.3 is 0 Å². The molecule has 34 heavy (non-hydrogen) atoms. The summed E-state index contributed by atoms with van der Waals surface area (Å²) in [5.41, 5.74) is 1.41. The molecule has 1 heterocycles. The van der Waals surface area contributed by atoms with Gasteiger partial charge in [-0.25, -0.2) is 0 Å². The maximum absolute atomic E-state index is 13.5. The molecule has 2 bridgehead atoms. The normalized spacial score (nSPS) is 30.2. The minimum absolute atomic E-state index is 0.0855. The number of benzene rings is 2. The van der Waals surface area contributed by atoms with E-state index >= 15 is 0 Å². The highest BCUT2D eigenvalue weighted by Crippen LogP contribution is 2.65. The molecule has 2 aromatic carbocycles. The Bertz CT molecular complexity index is 1220. The first-order valence-corrected chi connectivity index (χ1v) is 11.9. The lowest BCUT2D eigenvalue weighted by atomic mass is 9.63. The van der Waals surface area contributed by atoms with Crippen molar-refractivity contribution in [3.8, 4) is 0 Å². The molecule has 5 aliphatic rings. The van der Waals surface area contributed by atoms with Gasteiger partial charge in [0.05, 0.1) is 11.8 Å². The third kappa shape index (κ3) is 3.16. The van der Waals surface area contributed by atoms with E-state index in [9.17, 15) is 19.2 Å². The SMILES string of the molecule is CC(=O)c1ccc(N(CN2C(=O)C3C4C=CC(C5CC45)C3C2=O)C(=O)c2ccc(Cl)cc2)cc1. The molecule has 0 N–H and O–H groups in total. The van der Waals surface area contributed by atoms with Crippen LogP contribution in [0.4, 0.5) is 5.69 Å². The second-order valence-electron chi connectivity index (χ2n) is 9.74. The van der Waals surface area contributed by atoms with Gasteiger partial charge < -0.3 is 0 Å². The van der Waals surface area contributed by atoms with Crippen molar-refractivity contribution in [3.63, 3.8) is 0 Å². The van der Waals surface area contributed by atoms with Gasteiger partial charge in [-0.1, -0.05) is 23.8 Å². The predicted molar refractivity (Wildman–Crippen MR) is 126 cm³/mol. The summed E-state index contributed by atoms with van der Waals surface area (Å²) in [5.74, 6) is -0.184. The van der Waals surface area contributed by atoms with Gasteiger partial charge in [0.1, 0.15) is 6.67 Å². The zero-order chi connectivity index (χ0) is 23.7. The van der Waals surface area contributed by atoms with Crippen LogP contribution in [0.25, 0.3) is 0 Å². The lowest BCUT2D eigenvalue weighted by Gasteiger charge is -2.37. The third-order valence-electron chi connectivity index (χ3n) is 7.96. The zero-order valence-electron chi connectivity index (χ0n) is 18.6. The van der Waals surface area contributed by atoms with Gasteiger partial charge in [-0.3, -0.25) is 29.0 Å². The van der Waals surface area contributed by atoms with Crippen LogP contribution in [0.2, 0.25) is 5.02 Å². The number of Topliss-reactive ketones (excluding diaryl/α,β-unsaturated/α-hetero) is 1. The van der Waals surface area contributed by atoms with E-state index in [1.807, 2.05) is 0 Å². The minimum Gasteiger partial charge on any atom is -0.295 e. The number of likely N-dealkylation sites (tertiary alicyclic amines) is 1. The van der Waals surface area contributed by atoms with Crippen molar-refractivity contribution in [2.75, 3.05) is 11.6 Å². The summed E-state index contributed by atoms with van der Waals surface area (Å²) in [5, 5.41) is 0.504. The van der Waals surface area contributed by atoms with Crippen molar-refractivity contribution < 1.29 is 19.2 Å². The second-order valence-corrected chi connectivity index (χ2v) is 10.2. The Labute approximate surface area is 202 Å². The monoisotopic (exact) mass is 474 g/mol. The highest BCUT2D eigenvalue weighted by Gasteiger charge is 2.67. The maximum Gasteiger partial charge on any atom is 0.259 e. The molecule has 1 aliphatic heterocycles. The zero-order valence-corrected chi connectivity index (χ0v) is 19.3. The average Bonchev–Trinajstić information content (AvgIpc) is 3.62. The number of rotatable bonds is 5. The van der Waals surface area contributed by atoms with E-state index in [0.29, 0.717) is 33.7 Å². The summed E-state index contributed by atoms with van der Waals surface area (Å²) in [6.07, 6.45) is 5.36. The molecule has 3 amide bonds. The second kappa shape index (κ2) is 7.64. The molecule has 7 rings (SSSR count). The highest BCUT2D eigenvalue weighted by molar-refractivity contribution is 6.30. The number of carbonyl (C=O) groups excluding carboxylic acids is 4. The Hall–Kier alpha value is -3.25. The molecule has 0 aromatic heterocycles. The van der Waals surface area contributed by atoms with E-state index in [4.69, 9.17) is 11.6 Å². The van der Waals surface area contributed by atoms with Gasteiger partial charge in [0.15, 0.2) is 5.78 Å². The number of nitrogens with zero attached hydrogens (tertiary/aromatic N) is 2. The summed E-state index contributed by atoms with van der Waals surface area (Å²) in [6, 6.07) is 13.1. The van der Waals surface area contributed by atoms with E-state index < -0.39 is 0 Å². The number of hydrogen-bond donors (Lipinski definition) is 0. The Morgan fingerprint density at radius 3 is 1.94 bits per heavy atom. The molecule has 0 spiro atoms. The van der Waals surface area contributed by atoms with Crippen molar-refractivity contribution >= 4 is 40.8 Å². The van der Waals surface area contributed by atoms with Gasteiger partial charge in [0.25, 0.3) is 5.91 Å². The van der Waals surface area contributed by atoms with Gasteiger partial charge in [-0.2, -0.15) is 0 Å². The molecule has 6 unspecified atom stereocenters. The fourth-order valence-corrected chi connectivity index (χ4v) is 6.31. The van der Waals surface area contributed by atoms with Crippen molar-refractivity contribution in [1.29, 1.82) is 0 Å². The molecule has 6 atom stereocenters. The number of anilines is 1. The molecule has 1 saturated heterocycles. The summed E-state index contributed by atoms with van der Waals surface area (Å²) >= 11 is 5.99. The summed E-state index contributed by atoms with van der Waals surface area (Å²) in [6.45, 7) is 1.31. The quantitative estimate of drug-likeness (QED) is 0.370. The number of hydrogen-bond acceptors (Lipinski definition) is 4. The smallest absolute Gasteiger partial charge is 0.259 e. The van der Waals surface area contributed by atoms with Crippen LogP contribution in [0.1, 0.15) is 34.1 Å². The Kier molecular flexibility index (Phi) is 4.78. The van der Waals surface area contributed by atoms with Crippen LogP contribution in [0.5, 0.6) is 0 Å². The van der Waals surface area contributed by atoms with E-state index in [1.165, 1.54) is 16.7 Å². The Morgan fingerprint density at radius 1 is 0.882 bits per heavy atom. The lowest BCUT2D eigenvalue weighted by Crippen LogP contribution is -2.45. The molecule has 0 radical (unpaired) electrons. The van der Waals surface area contributed by atoms with E-state index in [2.05, 4.69) is 12.2 Å². The van der Waals surface area contributed by atoms with Crippen LogP contribution >= 0.6 is 11.6 Å². The van der Waals surface area contributed by atoms with Crippen molar-refractivity contribution in [2.45, 2.75) is 13.3 Å². The minimum atomic E-state index is -0.355. The number of amides is 3. The van der Waals surface area contributed by atoms with Crippen LogP contribution in [0, 0.1) is 35.5 Å². The molecule has 3 fully saturated rings. The van der Waals surface area contributed by atoms with Crippen LogP contribution in [-0.2, 0) is 9.59 Å². The lowest BCUT2D eigenvalue weighted by molar-refractivity contribution is -0.140. The van der Waals surface area contributed by atoms with Crippen LogP contribution < -0.4 is 4.90 Å². The van der Waals surface area contributed by atoms with E-state index in [-0.39, 0.29) is 53.8 Å². The summed E-state index contributed by atoms with van der Waals surface area (Å²) in [7, 11) is 0. The van der Waals surface area contributed by atoms with Gasteiger partial charge in [-0.05, 0) is 85.5 Å². The maximum atomic E-state index is 13.5. The topological polar surface area (TPSA) is 74.8 Å². The largest absolute Gasteiger partial charge is 0.295 e. The van der Waals surface area contributed by atoms with Gasteiger partial charge in [0.2, 0.25) is 11.8 Å². The standard InChI is InChI=1S/C27H23ClN2O4/c1-14(31)15-4-8-18(9-5-15)29(25(32)16-2-6-17(28)7-3-16)13-30-26(33)23-19-10-11-20(22-12-21(19)22)24(23)27(30)34/h2-11,19-24H,12-13H2,1H3.